The largest absolute Gasteiger partial charge is 0.352 e. The van der Waals surface area contributed by atoms with Crippen molar-refractivity contribution in [3.05, 3.63) is 65.7 Å². The fraction of sp³-hybridized carbons (Fsp3) is 0.391. The average Bonchev–Trinajstić information content (AvgIpc) is 2.97. The second-order valence-corrected chi connectivity index (χ2v) is 7.28. The van der Waals surface area contributed by atoms with Gasteiger partial charge < -0.3 is 10.6 Å². The van der Waals surface area contributed by atoms with E-state index < -0.39 is 0 Å². The molecule has 3 rings (SSSR count). The van der Waals surface area contributed by atoms with Gasteiger partial charge >= 0.3 is 0 Å². The summed E-state index contributed by atoms with van der Waals surface area (Å²) in [6, 6.07) is 17.2. The molecule has 2 aromatic rings. The Bertz CT molecular complexity index is 768. The molecule has 0 spiro atoms. The third-order valence-electron chi connectivity index (χ3n) is 5.05. The van der Waals surface area contributed by atoms with Crippen molar-refractivity contribution in [3.63, 3.8) is 0 Å². The molecule has 148 valence electrons. The Morgan fingerprint density at radius 2 is 1.54 bits per heavy atom. The van der Waals surface area contributed by atoms with Gasteiger partial charge in [0, 0.05) is 6.54 Å². The molecule has 2 N–H and O–H groups in total. The van der Waals surface area contributed by atoms with E-state index in [0.29, 0.717) is 24.3 Å². The van der Waals surface area contributed by atoms with Crippen molar-refractivity contribution >= 4 is 17.5 Å². The monoisotopic (exact) mass is 379 g/mol. The molecule has 1 aliphatic heterocycles. The second kappa shape index (κ2) is 10.6. The van der Waals surface area contributed by atoms with Crippen LogP contribution in [0.15, 0.2) is 54.6 Å². The summed E-state index contributed by atoms with van der Waals surface area (Å²) in [5, 5.41) is 5.88. The third kappa shape index (κ3) is 6.20. The maximum absolute atomic E-state index is 12.6. The van der Waals surface area contributed by atoms with Crippen LogP contribution >= 0.6 is 0 Å². The normalized spacial score (nSPS) is 14.9. The highest BCUT2D eigenvalue weighted by molar-refractivity contribution is 6.04. The first-order chi connectivity index (χ1) is 13.7. The number of amides is 2. The molecule has 28 heavy (non-hydrogen) atoms. The predicted octanol–water partition coefficient (Wildman–Crippen LogP) is 3.47. The zero-order chi connectivity index (χ0) is 19.6. The lowest BCUT2D eigenvalue weighted by atomic mass is 10.1. The van der Waals surface area contributed by atoms with Crippen molar-refractivity contribution in [2.45, 2.75) is 32.1 Å². The van der Waals surface area contributed by atoms with Gasteiger partial charge in [-0.15, -0.1) is 0 Å². The van der Waals surface area contributed by atoms with Gasteiger partial charge in [-0.1, -0.05) is 55.3 Å². The Hall–Kier alpha value is -2.66. The molecule has 1 heterocycles. The Kier molecular flexibility index (Phi) is 7.62. The summed E-state index contributed by atoms with van der Waals surface area (Å²) in [7, 11) is 0. The number of carbonyl (C=O) groups excluding carboxylic acids is 2. The predicted molar refractivity (Wildman–Crippen MR) is 112 cm³/mol. The molecule has 2 amide bonds. The minimum atomic E-state index is -0.165. The molecule has 5 nitrogen and oxygen atoms in total. The fourth-order valence-electron chi connectivity index (χ4n) is 3.54. The van der Waals surface area contributed by atoms with Gasteiger partial charge in [-0.3, -0.25) is 14.5 Å². The van der Waals surface area contributed by atoms with Crippen LogP contribution in [-0.2, 0) is 11.2 Å². The summed E-state index contributed by atoms with van der Waals surface area (Å²) in [6.07, 6.45) is 5.55. The molecule has 1 saturated heterocycles. The van der Waals surface area contributed by atoms with Gasteiger partial charge in [-0.2, -0.15) is 0 Å². The van der Waals surface area contributed by atoms with Crippen molar-refractivity contribution in [2.24, 2.45) is 0 Å². The maximum atomic E-state index is 12.6. The first kappa shape index (κ1) is 20.1. The molecular formula is C23H29N3O2. The number of rotatable bonds is 7. The number of nitrogens with one attached hydrogen (secondary N) is 2. The van der Waals surface area contributed by atoms with Crippen LogP contribution in [0.2, 0.25) is 0 Å². The molecule has 5 heteroatoms. The summed E-state index contributed by atoms with van der Waals surface area (Å²) < 4.78 is 0. The zero-order valence-electron chi connectivity index (χ0n) is 16.3. The standard InChI is InChI=1S/C23H29N3O2/c27-22(18-26-16-8-1-2-9-17-26)25-21-13-7-6-12-20(21)23(28)24-15-14-19-10-4-3-5-11-19/h3-7,10-13H,1-2,8-9,14-18H2,(H,24,28)(H,25,27). The summed E-state index contributed by atoms with van der Waals surface area (Å²) in [6.45, 7) is 2.87. The molecule has 0 aliphatic carbocycles. The molecule has 0 bridgehead atoms. The summed E-state index contributed by atoms with van der Waals surface area (Å²) in [4.78, 5) is 27.3. The van der Waals surface area contributed by atoms with Crippen LogP contribution in [0.3, 0.4) is 0 Å². The number of hydrogen-bond acceptors (Lipinski definition) is 3. The fourth-order valence-corrected chi connectivity index (χ4v) is 3.54. The van der Waals surface area contributed by atoms with Crippen LogP contribution in [-0.4, -0.2) is 42.9 Å². The van der Waals surface area contributed by atoms with E-state index in [1.54, 1.807) is 12.1 Å². The molecule has 0 saturated carbocycles. The minimum Gasteiger partial charge on any atom is -0.352 e. The Labute approximate surface area is 167 Å². The minimum absolute atomic E-state index is 0.0635. The van der Waals surface area contributed by atoms with E-state index in [4.69, 9.17) is 0 Å². The number of nitrogens with zero attached hydrogens (tertiary/aromatic N) is 1. The Morgan fingerprint density at radius 3 is 2.29 bits per heavy atom. The molecule has 0 unspecified atom stereocenters. The number of likely N-dealkylation sites (tertiary alicyclic amines) is 1. The number of para-hydroxylation sites is 1. The first-order valence-electron chi connectivity index (χ1n) is 10.2. The highest BCUT2D eigenvalue weighted by atomic mass is 16.2. The van der Waals surface area contributed by atoms with Gasteiger partial charge in [0.15, 0.2) is 0 Å². The van der Waals surface area contributed by atoms with Crippen LogP contribution in [0.4, 0.5) is 5.69 Å². The molecule has 1 fully saturated rings. The van der Waals surface area contributed by atoms with Crippen LogP contribution in [0, 0.1) is 0 Å². The van der Waals surface area contributed by atoms with Crippen LogP contribution in [0.5, 0.6) is 0 Å². The quantitative estimate of drug-likeness (QED) is 0.774. The Balaban J connectivity index is 1.54. The van der Waals surface area contributed by atoms with Gasteiger partial charge in [-0.05, 0) is 50.0 Å². The lowest BCUT2D eigenvalue weighted by molar-refractivity contribution is -0.117. The van der Waals surface area contributed by atoms with Gasteiger partial charge in [0.05, 0.1) is 17.8 Å². The van der Waals surface area contributed by atoms with Crippen LogP contribution in [0.1, 0.15) is 41.6 Å². The third-order valence-corrected chi connectivity index (χ3v) is 5.05. The average molecular weight is 380 g/mol. The number of hydrogen-bond donors (Lipinski definition) is 2. The summed E-state index contributed by atoms with van der Waals surface area (Å²) in [5.41, 5.74) is 2.25. The lowest BCUT2D eigenvalue weighted by Gasteiger charge is -2.19. The van der Waals surface area contributed by atoms with Gasteiger partial charge in [0.1, 0.15) is 0 Å². The van der Waals surface area contributed by atoms with E-state index in [2.05, 4.69) is 15.5 Å². The van der Waals surface area contributed by atoms with Crippen molar-refractivity contribution in [1.82, 2.24) is 10.2 Å². The van der Waals surface area contributed by atoms with Gasteiger partial charge in [0.2, 0.25) is 5.91 Å². The second-order valence-electron chi connectivity index (χ2n) is 7.28. The number of anilines is 1. The topological polar surface area (TPSA) is 61.4 Å². The van der Waals surface area contributed by atoms with Gasteiger partial charge in [0.25, 0.3) is 5.91 Å². The van der Waals surface area contributed by atoms with E-state index in [1.807, 2.05) is 42.5 Å². The smallest absolute Gasteiger partial charge is 0.253 e. The van der Waals surface area contributed by atoms with E-state index in [-0.39, 0.29) is 11.8 Å². The number of benzene rings is 2. The van der Waals surface area contributed by atoms with Crippen molar-refractivity contribution < 1.29 is 9.59 Å². The van der Waals surface area contributed by atoms with E-state index in [0.717, 1.165) is 32.4 Å². The zero-order valence-corrected chi connectivity index (χ0v) is 16.3. The summed E-state index contributed by atoms with van der Waals surface area (Å²) in [5.74, 6) is -0.229. The lowest BCUT2D eigenvalue weighted by Crippen LogP contribution is -2.34. The van der Waals surface area contributed by atoms with E-state index in [9.17, 15) is 9.59 Å². The molecule has 2 aromatic carbocycles. The molecule has 1 aliphatic rings. The van der Waals surface area contributed by atoms with Crippen LogP contribution in [0.25, 0.3) is 0 Å². The molecule has 0 radical (unpaired) electrons. The highest BCUT2D eigenvalue weighted by Crippen LogP contribution is 2.16. The van der Waals surface area contributed by atoms with Crippen molar-refractivity contribution in [1.29, 1.82) is 0 Å². The summed E-state index contributed by atoms with van der Waals surface area (Å²) >= 11 is 0. The van der Waals surface area contributed by atoms with E-state index >= 15 is 0 Å². The number of carbonyl (C=O) groups is 2. The maximum Gasteiger partial charge on any atom is 0.253 e. The van der Waals surface area contributed by atoms with Crippen molar-refractivity contribution in [2.75, 3.05) is 31.5 Å². The highest BCUT2D eigenvalue weighted by Gasteiger charge is 2.16. The molecule has 0 aromatic heterocycles. The molecule has 0 atom stereocenters. The molecular weight excluding hydrogens is 350 g/mol. The van der Waals surface area contributed by atoms with Crippen LogP contribution < -0.4 is 10.6 Å². The van der Waals surface area contributed by atoms with Gasteiger partial charge in [-0.25, -0.2) is 0 Å². The van der Waals surface area contributed by atoms with E-state index in [1.165, 1.54) is 18.4 Å². The SMILES string of the molecule is O=C(CN1CCCCCC1)Nc1ccccc1C(=O)NCCc1ccccc1. The van der Waals surface area contributed by atoms with Crippen molar-refractivity contribution in [3.8, 4) is 0 Å². The first-order valence-corrected chi connectivity index (χ1v) is 10.2. The Morgan fingerprint density at radius 1 is 0.857 bits per heavy atom.